The first kappa shape index (κ1) is 16.9. The van der Waals surface area contributed by atoms with Gasteiger partial charge in [-0.15, -0.1) is 0 Å². The number of hydrogen-bond acceptors (Lipinski definition) is 5. The lowest BCUT2D eigenvalue weighted by Gasteiger charge is -2.18. The van der Waals surface area contributed by atoms with Gasteiger partial charge in [-0.05, 0) is 18.1 Å². The zero-order chi connectivity index (χ0) is 17.3. The van der Waals surface area contributed by atoms with Crippen molar-refractivity contribution in [1.29, 1.82) is 0 Å². The lowest BCUT2D eigenvalue weighted by molar-refractivity contribution is 0.0896. The number of thiazole rings is 1. The van der Waals surface area contributed by atoms with E-state index in [9.17, 15) is 9.90 Å². The van der Waals surface area contributed by atoms with Crippen LogP contribution in [0.3, 0.4) is 0 Å². The number of aliphatic hydroxyl groups excluding tert-OH is 1. The van der Waals surface area contributed by atoms with Crippen LogP contribution < -0.4 is 5.32 Å². The Labute approximate surface area is 148 Å². The van der Waals surface area contributed by atoms with E-state index < -0.39 is 0 Å². The zero-order valence-electron chi connectivity index (χ0n) is 13.2. The highest BCUT2D eigenvalue weighted by atomic mass is 35.5. The number of aromatic nitrogens is 3. The third kappa shape index (κ3) is 3.15. The van der Waals surface area contributed by atoms with Crippen molar-refractivity contribution in [2.45, 2.75) is 19.9 Å². The molecule has 3 aromatic heterocycles. The van der Waals surface area contributed by atoms with Crippen LogP contribution >= 0.6 is 22.9 Å². The highest BCUT2D eigenvalue weighted by Gasteiger charge is 2.22. The molecule has 6 nitrogen and oxygen atoms in total. The van der Waals surface area contributed by atoms with Crippen molar-refractivity contribution in [2.24, 2.45) is 5.92 Å². The standard InChI is InChI=1S/C16H17ClN4O2S/c1-9(2)11(8-22)19-15(23)16-20-13(14(17)24-16)10-7-18-21-6-4-3-5-12(10)21/h3-7,9,11,22H,8H2,1-2H3,(H,19,23). The topological polar surface area (TPSA) is 79.5 Å². The van der Waals surface area contributed by atoms with Crippen molar-refractivity contribution >= 4 is 34.4 Å². The van der Waals surface area contributed by atoms with Gasteiger partial charge in [0.15, 0.2) is 5.01 Å². The maximum Gasteiger partial charge on any atom is 0.280 e. The molecule has 2 N–H and O–H groups in total. The van der Waals surface area contributed by atoms with E-state index in [1.807, 2.05) is 38.2 Å². The number of aliphatic hydroxyl groups is 1. The predicted molar refractivity (Wildman–Crippen MR) is 94.5 cm³/mol. The van der Waals surface area contributed by atoms with Crippen LogP contribution in [0.25, 0.3) is 16.8 Å². The normalized spacial score (nSPS) is 12.7. The Kier molecular flexibility index (Phi) is 4.84. The molecule has 3 rings (SSSR count). The molecule has 0 saturated carbocycles. The molecule has 0 fully saturated rings. The third-order valence-corrected chi connectivity index (χ3v) is 5.03. The smallest absolute Gasteiger partial charge is 0.280 e. The molecule has 0 spiro atoms. The van der Waals surface area contributed by atoms with Crippen molar-refractivity contribution < 1.29 is 9.90 Å². The van der Waals surface area contributed by atoms with Crippen LogP contribution in [0.15, 0.2) is 30.6 Å². The Morgan fingerprint density at radius 2 is 2.25 bits per heavy atom. The summed E-state index contributed by atoms with van der Waals surface area (Å²) in [4.78, 5) is 16.8. The number of halogens is 1. The Balaban J connectivity index is 1.92. The second kappa shape index (κ2) is 6.88. The maximum atomic E-state index is 12.4. The average molecular weight is 365 g/mol. The summed E-state index contributed by atoms with van der Waals surface area (Å²) in [7, 11) is 0. The number of nitrogens with zero attached hydrogens (tertiary/aromatic N) is 3. The molecule has 0 aromatic carbocycles. The van der Waals surface area contributed by atoms with Crippen molar-refractivity contribution in [2.75, 3.05) is 6.61 Å². The van der Waals surface area contributed by atoms with E-state index in [0.29, 0.717) is 10.0 Å². The largest absolute Gasteiger partial charge is 0.394 e. The van der Waals surface area contributed by atoms with Gasteiger partial charge in [-0.1, -0.05) is 42.9 Å². The molecule has 1 unspecified atom stereocenters. The lowest BCUT2D eigenvalue weighted by atomic mass is 10.1. The fraction of sp³-hybridized carbons (Fsp3) is 0.312. The van der Waals surface area contributed by atoms with Crippen LogP contribution in [0.5, 0.6) is 0 Å². The summed E-state index contributed by atoms with van der Waals surface area (Å²) in [5.74, 6) is -0.217. The summed E-state index contributed by atoms with van der Waals surface area (Å²) >= 11 is 7.42. The molecule has 0 bridgehead atoms. The van der Waals surface area contributed by atoms with Gasteiger partial charge in [0.05, 0.1) is 24.4 Å². The molecule has 3 heterocycles. The number of rotatable bonds is 5. The summed E-state index contributed by atoms with van der Waals surface area (Å²) in [5.41, 5.74) is 2.18. The van der Waals surface area contributed by atoms with Gasteiger partial charge >= 0.3 is 0 Å². The molecule has 0 aliphatic heterocycles. The number of fused-ring (bicyclic) bond motifs is 1. The van der Waals surface area contributed by atoms with Crippen LogP contribution in [-0.4, -0.2) is 38.3 Å². The molecular formula is C16H17ClN4O2S. The molecule has 126 valence electrons. The van der Waals surface area contributed by atoms with E-state index in [4.69, 9.17) is 11.6 Å². The van der Waals surface area contributed by atoms with Crippen molar-refractivity contribution in [3.05, 3.63) is 39.9 Å². The van der Waals surface area contributed by atoms with E-state index in [-0.39, 0.29) is 29.5 Å². The number of carbonyl (C=O) groups is 1. The van der Waals surface area contributed by atoms with Gasteiger partial charge in [0.2, 0.25) is 0 Å². The summed E-state index contributed by atoms with van der Waals surface area (Å²) < 4.78 is 2.16. The van der Waals surface area contributed by atoms with Crippen LogP contribution in [0, 0.1) is 5.92 Å². The summed E-state index contributed by atoms with van der Waals surface area (Å²) in [5, 5.41) is 16.7. The molecule has 0 aliphatic rings. The van der Waals surface area contributed by atoms with Crippen LogP contribution in [-0.2, 0) is 0 Å². The Morgan fingerprint density at radius 3 is 2.96 bits per heavy atom. The van der Waals surface area contributed by atoms with Gasteiger partial charge < -0.3 is 10.4 Å². The number of amides is 1. The predicted octanol–water partition coefficient (Wildman–Crippen LogP) is 2.86. The first-order chi connectivity index (χ1) is 11.5. The molecule has 1 amide bonds. The molecule has 0 radical (unpaired) electrons. The Bertz CT molecular complexity index is 874. The van der Waals surface area contributed by atoms with E-state index in [1.165, 1.54) is 0 Å². The summed E-state index contributed by atoms with van der Waals surface area (Å²) in [6.45, 7) is 3.74. The van der Waals surface area contributed by atoms with E-state index in [1.54, 1.807) is 10.7 Å². The second-order valence-corrected chi connectivity index (χ2v) is 7.34. The van der Waals surface area contributed by atoms with Crippen LogP contribution in [0.4, 0.5) is 0 Å². The number of nitrogens with one attached hydrogen (secondary N) is 1. The highest BCUT2D eigenvalue weighted by molar-refractivity contribution is 7.18. The fourth-order valence-corrected chi connectivity index (χ4v) is 3.41. The van der Waals surface area contributed by atoms with Gasteiger partial charge in [-0.25, -0.2) is 9.50 Å². The fourth-order valence-electron chi connectivity index (χ4n) is 2.33. The Hall–Kier alpha value is -1.96. The van der Waals surface area contributed by atoms with Crippen molar-refractivity contribution in [1.82, 2.24) is 19.9 Å². The maximum absolute atomic E-state index is 12.4. The molecule has 0 saturated heterocycles. The van der Waals surface area contributed by atoms with E-state index >= 15 is 0 Å². The second-order valence-electron chi connectivity index (χ2n) is 5.74. The molecule has 24 heavy (non-hydrogen) atoms. The first-order valence-corrected chi connectivity index (χ1v) is 8.71. The van der Waals surface area contributed by atoms with Gasteiger partial charge in [-0.2, -0.15) is 5.10 Å². The van der Waals surface area contributed by atoms with Gasteiger partial charge in [-0.3, -0.25) is 4.79 Å². The van der Waals surface area contributed by atoms with Gasteiger partial charge in [0.25, 0.3) is 5.91 Å². The molecule has 1 atom stereocenters. The minimum Gasteiger partial charge on any atom is -0.394 e. The minimum absolute atomic E-state index is 0.119. The quantitative estimate of drug-likeness (QED) is 0.729. The molecule has 3 aromatic rings. The van der Waals surface area contributed by atoms with E-state index in [0.717, 1.165) is 22.4 Å². The lowest BCUT2D eigenvalue weighted by Crippen LogP contribution is -2.41. The van der Waals surface area contributed by atoms with Crippen molar-refractivity contribution in [3.8, 4) is 11.3 Å². The first-order valence-electron chi connectivity index (χ1n) is 7.52. The number of hydrogen-bond donors (Lipinski definition) is 2. The highest BCUT2D eigenvalue weighted by Crippen LogP contribution is 2.34. The third-order valence-electron chi connectivity index (χ3n) is 3.78. The molecular weight excluding hydrogens is 348 g/mol. The number of carbonyl (C=O) groups excluding carboxylic acids is 1. The molecule has 8 heteroatoms. The van der Waals surface area contributed by atoms with Crippen molar-refractivity contribution in [3.63, 3.8) is 0 Å². The molecule has 0 aliphatic carbocycles. The van der Waals surface area contributed by atoms with Crippen LogP contribution in [0.2, 0.25) is 4.34 Å². The van der Waals surface area contributed by atoms with Gasteiger partial charge in [0, 0.05) is 11.8 Å². The number of pyridine rings is 1. The Morgan fingerprint density at radius 1 is 1.46 bits per heavy atom. The average Bonchev–Trinajstić information content (AvgIpc) is 3.15. The van der Waals surface area contributed by atoms with Gasteiger partial charge in [0.1, 0.15) is 10.0 Å². The SMILES string of the molecule is CC(C)C(CO)NC(=O)c1nc(-c2cnn3ccccc23)c(Cl)s1. The zero-order valence-corrected chi connectivity index (χ0v) is 14.8. The van der Waals surface area contributed by atoms with E-state index in [2.05, 4.69) is 15.4 Å². The van der Waals surface area contributed by atoms with Crippen LogP contribution in [0.1, 0.15) is 23.6 Å². The summed E-state index contributed by atoms with van der Waals surface area (Å²) in [6.07, 6.45) is 3.52. The minimum atomic E-state index is -0.336. The monoisotopic (exact) mass is 364 g/mol. The summed E-state index contributed by atoms with van der Waals surface area (Å²) in [6, 6.07) is 5.38.